The van der Waals surface area contributed by atoms with Crippen molar-refractivity contribution < 1.29 is 14.0 Å². The molecule has 126 valence electrons. The third-order valence-corrected chi connectivity index (χ3v) is 5.01. The molecule has 1 aliphatic heterocycles. The number of rotatable bonds is 4. The van der Waals surface area contributed by atoms with Crippen LogP contribution < -0.4 is 5.73 Å². The lowest BCUT2D eigenvalue weighted by molar-refractivity contribution is -0.136. The van der Waals surface area contributed by atoms with Gasteiger partial charge in [-0.05, 0) is 37.3 Å². The molecule has 3 amide bonds. The summed E-state index contributed by atoms with van der Waals surface area (Å²) < 4.78 is 5.87. The summed E-state index contributed by atoms with van der Waals surface area (Å²) in [6.07, 6.45) is 2.81. The Morgan fingerprint density at radius 3 is 2.83 bits per heavy atom. The third kappa shape index (κ3) is 3.51. The Balaban J connectivity index is 1.56. The van der Waals surface area contributed by atoms with E-state index in [-0.39, 0.29) is 11.8 Å². The van der Waals surface area contributed by atoms with Crippen LogP contribution in [0, 0.1) is 11.8 Å². The number of hydrogen-bond acceptors (Lipinski definition) is 3. The lowest BCUT2D eigenvalue weighted by Crippen LogP contribution is -2.47. The number of likely N-dealkylation sites (tertiary alicyclic amines) is 1. The van der Waals surface area contributed by atoms with Crippen molar-refractivity contribution in [2.24, 2.45) is 17.6 Å². The number of amides is 3. The van der Waals surface area contributed by atoms with E-state index in [1.165, 1.54) is 6.42 Å². The first-order chi connectivity index (χ1) is 11.0. The molecule has 1 aromatic heterocycles. The van der Waals surface area contributed by atoms with E-state index in [1.54, 1.807) is 16.8 Å². The Bertz CT molecular complexity index is 598. The van der Waals surface area contributed by atoms with Crippen molar-refractivity contribution in [2.45, 2.75) is 38.6 Å². The van der Waals surface area contributed by atoms with E-state index in [4.69, 9.17) is 10.2 Å². The Kier molecular flexibility index (Phi) is 4.33. The third-order valence-electron chi connectivity index (χ3n) is 5.01. The summed E-state index contributed by atoms with van der Waals surface area (Å²) in [7, 11) is 1.79. The average molecular weight is 319 g/mol. The molecule has 1 saturated heterocycles. The van der Waals surface area contributed by atoms with Crippen LogP contribution in [0.5, 0.6) is 0 Å². The number of furan rings is 1. The molecule has 1 aromatic rings. The van der Waals surface area contributed by atoms with Gasteiger partial charge in [0.1, 0.15) is 11.5 Å². The van der Waals surface area contributed by atoms with E-state index >= 15 is 0 Å². The second-order valence-electron chi connectivity index (χ2n) is 6.94. The highest BCUT2D eigenvalue weighted by Gasteiger charge is 2.36. The zero-order valence-electron chi connectivity index (χ0n) is 13.8. The second-order valence-corrected chi connectivity index (χ2v) is 6.94. The zero-order chi connectivity index (χ0) is 16.6. The van der Waals surface area contributed by atoms with Crippen LogP contribution in [0.1, 0.15) is 43.6 Å². The average Bonchev–Trinajstić information content (AvgIpc) is 3.08. The monoisotopic (exact) mass is 319 g/mol. The smallest absolute Gasteiger partial charge is 0.314 e. The van der Waals surface area contributed by atoms with Crippen molar-refractivity contribution in [3.05, 3.63) is 23.7 Å². The van der Waals surface area contributed by atoms with Crippen LogP contribution in [-0.2, 0) is 11.3 Å². The predicted octanol–water partition coefficient (Wildman–Crippen LogP) is 2.15. The summed E-state index contributed by atoms with van der Waals surface area (Å²) in [6.45, 7) is 3.74. The minimum atomic E-state index is -0.445. The van der Waals surface area contributed by atoms with Gasteiger partial charge < -0.3 is 20.0 Å². The predicted molar refractivity (Wildman–Crippen MR) is 85.6 cm³/mol. The number of urea groups is 1. The van der Waals surface area contributed by atoms with Gasteiger partial charge in [-0.2, -0.15) is 0 Å². The fourth-order valence-electron chi connectivity index (χ4n) is 3.40. The summed E-state index contributed by atoms with van der Waals surface area (Å²) in [5, 5.41) is 0. The van der Waals surface area contributed by atoms with Gasteiger partial charge >= 0.3 is 6.03 Å². The lowest BCUT2D eigenvalue weighted by Gasteiger charge is -2.32. The number of piperidine rings is 1. The largest absolute Gasteiger partial charge is 0.464 e. The van der Waals surface area contributed by atoms with E-state index in [2.05, 4.69) is 6.92 Å². The summed E-state index contributed by atoms with van der Waals surface area (Å²) >= 11 is 0. The first kappa shape index (κ1) is 15.9. The summed E-state index contributed by atoms with van der Waals surface area (Å²) in [5.74, 6) is 2.99. The normalized spacial score (nSPS) is 26.9. The molecule has 1 aliphatic carbocycles. The van der Waals surface area contributed by atoms with Crippen molar-refractivity contribution in [1.82, 2.24) is 9.80 Å². The molecule has 2 fully saturated rings. The standard InChI is InChI=1S/C17H25N3O3/c1-11-8-14(11)15-6-5-13(23-15)10-19(2)16(21)12-4-3-7-20(9-12)17(18)22/h5-6,11-12,14H,3-4,7-10H2,1-2H3,(H2,18,22). The Labute approximate surface area is 136 Å². The molecule has 2 N–H and O–H groups in total. The van der Waals surface area contributed by atoms with Crippen LogP contribution in [0.15, 0.2) is 16.5 Å². The van der Waals surface area contributed by atoms with Gasteiger partial charge in [0.15, 0.2) is 0 Å². The highest BCUT2D eigenvalue weighted by Crippen LogP contribution is 2.47. The van der Waals surface area contributed by atoms with Crippen LogP contribution >= 0.6 is 0 Å². The summed E-state index contributed by atoms with van der Waals surface area (Å²) in [4.78, 5) is 27.1. The number of nitrogens with zero attached hydrogens (tertiary/aromatic N) is 2. The molecule has 3 unspecified atom stereocenters. The molecule has 6 nitrogen and oxygen atoms in total. The molecule has 6 heteroatoms. The van der Waals surface area contributed by atoms with Crippen LogP contribution in [0.3, 0.4) is 0 Å². The van der Waals surface area contributed by atoms with E-state index in [1.807, 2.05) is 12.1 Å². The highest BCUT2D eigenvalue weighted by molar-refractivity contribution is 5.80. The first-order valence-electron chi connectivity index (χ1n) is 8.33. The fraction of sp³-hybridized carbons (Fsp3) is 0.647. The molecular formula is C17H25N3O3. The van der Waals surface area contributed by atoms with Gasteiger partial charge in [0.25, 0.3) is 0 Å². The second kappa shape index (κ2) is 6.26. The van der Waals surface area contributed by atoms with Gasteiger partial charge in [-0.3, -0.25) is 4.79 Å². The number of primary amides is 1. The Morgan fingerprint density at radius 2 is 2.17 bits per heavy atom. The zero-order valence-corrected chi connectivity index (χ0v) is 13.8. The van der Waals surface area contributed by atoms with Gasteiger partial charge in [-0.15, -0.1) is 0 Å². The molecule has 0 bridgehead atoms. The van der Waals surface area contributed by atoms with Crippen LogP contribution in [0.2, 0.25) is 0 Å². The molecule has 1 saturated carbocycles. The Morgan fingerprint density at radius 1 is 1.43 bits per heavy atom. The maximum Gasteiger partial charge on any atom is 0.314 e. The molecule has 2 heterocycles. The SMILES string of the molecule is CC1CC1c1ccc(CN(C)C(=O)C2CCCN(C(N)=O)C2)o1. The molecule has 3 rings (SSSR count). The molecular weight excluding hydrogens is 294 g/mol. The van der Waals surface area contributed by atoms with E-state index in [9.17, 15) is 9.59 Å². The minimum absolute atomic E-state index is 0.0497. The van der Waals surface area contributed by atoms with Gasteiger partial charge in [0.05, 0.1) is 12.5 Å². The Hall–Kier alpha value is -1.98. The fourth-order valence-corrected chi connectivity index (χ4v) is 3.40. The molecule has 0 spiro atoms. The van der Waals surface area contributed by atoms with Crippen molar-refractivity contribution in [2.75, 3.05) is 20.1 Å². The minimum Gasteiger partial charge on any atom is -0.464 e. The van der Waals surface area contributed by atoms with Crippen molar-refractivity contribution >= 4 is 11.9 Å². The van der Waals surface area contributed by atoms with Crippen molar-refractivity contribution in [3.8, 4) is 0 Å². The lowest BCUT2D eigenvalue weighted by atomic mass is 9.97. The van der Waals surface area contributed by atoms with E-state index < -0.39 is 6.03 Å². The molecule has 0 aromatic carbocycles. The van der Waals surface area contributed by atoms with E-state index in [0.29, 0.717) is 31.5 Å². The molecule has 2 aliphatic rings. The van der Waals surface area contributed by atoms with Crippen molar-refractivity contribution in [1.29, 1.82) is 0 Å². The summed E-state index contributed by atoms with van der Waals surface area (Å²) in [6, 6.07) is 3.54. The van der Waals surface area contributed by atoms with Gasteiger partial charge in [0.2, 0.25) is 5.91 Å². The maximum absolute atomic E-state index is 12.6. The quantitative estimate of drug-likeness (QED) is 0.923. The van der Waals surface area contributed by atoms with Crippen molar-refractivity contribution in [3.63, 3.8) is 0 Å². The summed E-state index contributed by atoms with van der Waals surface area (Å²) in [5.41, 5.74) is 5.32. The highest BCUT2D eigenvalue weighted by atomic mass is 16.3. The molecule has 23 heavy (non-hydrogen) atoms. The van der Waals surface area contributed by atoms with E-state index in [0.717, 1.165) is 24.4 Å². The number of carbonyl (C=O) groups is 2. The number of nitrogens with two attached hydrogens (primary N) is 1. The van der Waals surface area contributed by atoms with Crippen LogP contribution in [-0.4, -0.2) is 41.9 Å². The maximum atomic E-state index is 12.6. The number of carbonyl (C=O) groups excluding carboxylic acids is 2. The van der Waals surface area contributed by atoms with Gasteiger partial charge in [0, 0.05) is 26.1 Å². The molecule has 3 atom stereocenters. The van der Waals surface area contributed by atoms with Crippen LogP contribution in [0.25, 0.3) is 0 Å². The van der Waals surface area contributed by atoms with Gasteiger partial charge in [-0.1, -0.05) is 6.92 Å². The topological polar surface area (TPSA) is 79.8 Å². The first-order valence-corrected chi connectivity index (χ1v) is 8.33. The number of hydrogen-bond donors (Lipinski definition) is 1. The van der Waals surface area contributed by atoms with Gasteiger partial charge in [-0.25, -0.2) is 4.79 Å². The molecule has 0 radical (unpaired) electrons. The van der Waals surface area contributed by atoms with Crippen LogP contribution in [0.4, 0.5) is 4.79 Å².